The molecule has 0 saturated carbocycles. The van der Waals surface area contributed by atoms with E-state index in [9.17, 15) is 13.2 Å². The Balaban J connectivity index is 2.09. The molecule has 16 heavy (non-hydrogen) atoms. The zero-order valence-electron chi connectivity index (χ0n) is 8.21. The van der Waals surface area contributed by atoms with Gasteiger partial charge in [-0.1, -0.05) is 11.6 Å². The molecule has 1 aromatic rings. The topological polar surface area (TPSA) is 29.0 Å². The fraction of sp³-hybridized carbons (Fsp3) is 0.556. The standard InChI is InChI=1S/C9H9ClF3N3/c10-7-3-8(15-5-14-7)16-2-1-6(4-16)9(11,12)13/h3,5-6H,1-2,4H2. The van der Waals surface area contributed by atoms with E-state index in [1.807, 2.05) is 0 Å². The Hall–Kier alpha value is -1.04. The quantitative estimate of drug-likeness (QED) is 0.718. The molecule has 0 aliphatic carbocycles. The molecule has 2 rings (SSSR count). The van der Waals surface area contributed by atoms with Gasteiger partial charge in [0.2, 0.25) is 0 Å². The Morgan fingerprint density at radius 3 is 2.69 bits per heavy atom. The first-order chi connectivity index (χ1) is 7.47. The molecular weight excluding hydrogens is 243 g/mol. The number of alkyl halides is 3. The van der Waals surface area contributed by atoms with E-state index in [4.69, 9.17) is 11.6 Å². The van der Waals surface area contributed by atoms with E-state index in [0.29, 0.717) is 12.4 Å². The van der Waals surface area contributed by atoms with Gasteiger partial charge in [0, 0.05) is 19.2 Å². The van der Waals surface area contributed by atoms with Gasteiger partial charge in [0.25, 0.3) is 0 Å². The summed E-state index contributed by atoms with van der Waals surface area (Å²) in [5, 5.41) is 0.237. The molecule has 0 N–H and O–H groups in total. The van der Waals surface area contributed by atoms with Crippen LogP contribution in [0.25, 0.3) is 0 Å². The van der Waals surface area contributed by atoms with E-state index in [2.05, 4.69) is 9.97 Å². The Bertz CT molecular complexity index is 383. The predicted molar refractivity (Wildman–Crippen MR) is 53.4 cm³/mol. The minimum atomic E-state index is -4.13. The highest BCUT2D eigenvalue weighted by molar-refractivity contribution is 6.29. The van der Waals surface area contributed by atoms with Crippen LogP contribution in [0.2, 0.25) is 5.15 Å². The average molecular weight is 252 g/mol. The van der Waals surface area contributed by atoms with Crippen LogP contribution in [0.5, 0.6) is 0 Å². The van der Waals surface area contributed by atoms with Gasteiger partial charge in [-0.25, -0.2) is 9.97 Å². The molecule has 2 heterocycles. The van der Waals surface area contributed by atoms with Gasteiger partial charge in [-0.15, -0.1) is 0 Å². The first-order valence-electron chi connectivity index (χ1n) is 4.76. The van der Waals surface area contributed by atoms with Gasteiger partial charge in [-0.05, 0) is 6.42 Å². The number of rotatable bonds is 1. The minimum Gasteiger partial charge on any atom is -0.356 e. The van der Waals surface area contributed by atoms with Crippen LogP contribution >= 0.6 is 11.6 Å². The molecule has 3 nitrogen and oxygen atoms in total. The molecule has 1 aliphatic heterocycles. The molecule has 0 radical (unpaired) electrons. The first-order valence-corrected chi connectivity index (χ1v) is 5.14. The Labute approximate surface area is 95.2 Å². The van der Waals surface area contributed by atoms with E-state index < -0.39 is 12.1 Å². The summed E-state index contributed by atoms with van der Waals surface area (Å²) in [5.74, 6) is -0.826. The maximum absolute atomic E-state index is 12.4. The van der Waals surface area contributed by atoms with Crippen LogP contribution in [0, 0.1) is 5.92 Å². The van der Waals surface area contributed by atoms with Crippen LogP contribution in [0.15, 0.2) is 12.4 Å². The largest absolute Gasteiger partial charge is 0.393 e. The van der Waals surface area contributed by atoms with Gasteiger partial charge >= 0.3 is 6.18 Å². The van der Waals surface area contributed by atoms with Gasteiger partial charge < -0.3 is 4.90 Å². The van der Waals surface area contributed by atoms with E-state index in [0.717, 1.165) is 0 Å². The van der Waals surface area contributed by atoms with Crippen molar-refractivity contribution in [2.45, 2.75) is 12.6 Å². The van der Waals surface area contributed by atoms with Crippen molar-refractivity contribution < 1.29 is 13.2 Å². The van der Waals surface area contributed by atoms with Crippen molar-refractivity contribution in [1.82, 2.24) is 9.97 Å². The molecule has 0 bridgehead atoms. The molecule has 1 aromatic heterocycles. The van der Waals surface area contributed by atoms with Gasteiger partial charge in [0.1, 0.15) is 17.3 Å². The van der Waals surface area contributed by atoms with Gasteiger partial charge in [-0.3, -0.25) is 0 Å². The molecule has 0 amide bonds. The number of hydrogen-bond acceptors (Lipinski definition) is 3. The first kappa shape index (κ1) is 11.4. The maximum atomic E-state index is 12.4. The van der Waals surface area contributed by atoms with Crippen LogP contribution < -0.4 is 4.90 Å². The highest BCUT2D eigenvalue weighted by atomic mass is 35.5. The molecule has 0 spiro atoms. The van der Waals surface area contributed by atoms with Crippen molar-refractivity contribution in [2.24, 2.45) is 5.92 Å². The van der Waals surface area contributed by atoms with Crippen LogP contribution in [-0.2, 0) is 0 Å². The van der Waals surface area contributed by atoms with Gasteiger partial charge in [0.15, 0.2) is 0 Å². The van der Waals surface area contributed by atoms with Crippen molar-refractivity contribution >= 4 is 17.4 Å². The highest BCUT2D eigenvalue weighted by Gasteiger charge is 2.43. The molecule has 1 aliphatic rings. The van der Waals surface area contributed by atoms with E-state index in [-0.39, 0.29) is 18.1 Å². The fourth-order valence-electron chi connectivity index (χ4n) is 1.73. The normalized spacial score (nSPS) is 21.5. The van der Waals surface area contributed by atoms with Crippen LogP contribution in [-0.4, -0.2) is 29.2 Å². The second-order valence-electron chi connectivity index (χ2n) is 3.67. The maximum Gasteiger partial charge on any atom is 0.393 e. The van der Waals surface area contributed by atoms with E-state index in [1.165, 1.54) is 12.4 Å². The van der Waals surface area contributed by atoms with Crippen LogP contribution in [0.1, 0.15) is 6.42 Å². The second kappa shape index (κ2) is 4.08. The minimum absolute atomic E-state index is 0.0587. The summed E-state index contributed by atoms with van der Waals surface area (Å²) >= 11 is 5.65. The molecule has 1 atom stereocenters. The van der Waals surface area contributed by atoms with Crippen LogP contribution in [0.3, 0.4) is 0 Å². The summed E-state index contributed by atoms with van der Waals surface area (Å²) < 4.78 is 37.3. The number of aromatic nitrogens is 2. The summed E-state index contributed by atoms with van der Waals surface area (Å²) in [7, 11) is 0. The van der Waals surface area contributed by atoms with Crippen molar-refractivity contribution in [2.75, 3.05) is 18.0 Å². The third-order valence-corrected chi connectivity index (χ3v) is 2.80. The van der Waals surface area contributed by atoms with Gasteiger partial charge in [0.05, 0.1) is 5.92 Å². The Kier molecular flexibility index (Phi) is 2.92. The lowest BCUT2D eigenvalue weighted by Crippen LogP contribution is -2.27. The number of halogens is 4. The van der Waals surface area contributed by atoms with Crippen LogP contribution in [0.4, 0.5) is 19.0 Å². The second-order valence-corrected chi connectivity index (χ2v) is 4.06. The number of anilines is 1. The lowest BCUT2D eigenvalue weighted by atomic mass is 10.1. The summed E-state index contributed by atoms with van der Waals surface area (Å²) in [6, 6.07) is 1.47. The summed E-state index contributed by atoms with van der Waals surface area (Å²) in [5.41, 5.74) is 0. The third-order valence-electron chi connectivity index (χ3n) is 2.59. The van der Waals surface area contributed by atoms with Crippen molar-refractivity contribution in [3.63, 3.8) is 0 Å². The lowest BCUT2D eigenvalue weighted by Gasteiger charge is -2.18. The summed E-state index contributed by atoms with van der Waals surface area (Å²) in [4.78, 5) is 9.16. The monoisotopic (exact) mass is 251 g/mol. The molecule has 1 fully saturated rings. The molecule has 88 valence electrons. The number of hydrogen-bond donors (Lipinski definition) is 0. The van der Waals surface area contributed by atoms with Crippen molar-refractivity contribution in [1.29, 1.82) is 0 Å². The molecule has 1 unspecified atom stereocenters. The smallest absolute Gasteiger partial charge is 0.356 e. The van der Waals surface area contributed by atoms with Gasteiger partial charge in [-0.2, -0.15) is 13.2 Å². The zero-order chi connectivity index (χ0) is 11.8. The number of nitrogens with zero attached hydrogens (tertiary/aromatic N) is 3. The summed E-state index contributed by atoms with van der Waals surface area (Å²) in [6.07, 6.45) is -2.78. The molecule has 7 heteroatoms. The lowest BCUT2D eigenvalue weighted by molar-refractivity contribution is -0.168. The fourth-order valence-corrected chi connectivity index (χ4v) is 1.87. The summed E-state index contributed by atoms with van der Waals surface area (Å²) in [6.45, 7) is 0.286. The van der Waals surface area contributed by atoms with E-state index >= 15 is 0 Å². The molecule has 0 aromatic carbocycles. The SMILES string of the molecule is FC(F)(F)C1CCN(c2cc(Cl)ncn2)C1. The third kappa shape index (κ3) is 2.37. The Morgan fingerprint density at radius 2 is 2.12 bits per heavy atom. The zero-order valence-corrected chi connectivity index (χ0v) is 8.96. The van der Waals surface area contributed by atoms with E-state index in [1.54, 1.807) is 4.90 Å². The van der Waals surface area contributed by atoms with Crippen molar-refractivity contribution in [3.8, 4) is 0 Å². The van der Waals surface area contributed by atoms with Crippen molar-refractivity contribution in [3.05, 3.63) is 17.5 Å². The molecular formula is C9H9ClF3N3. The predicted octanol–water partition coefficient (Wildman–Crippen LogP) is 2.52. The Morgan fingerprint density at radius 1 is 1.38 bits per heavy atom. The molecule has 1 saturated heterocycles. The average Bonchev–Trinajstić information content (AvgIpc) is 2.65. The highest BCUT2D eigenvalue weighted by Crippen LogP contribution is 2.34.